The van der Waals surface area contributed by atoms with Crippen molar-refractivity contribution in [3.8, 4) is 0 Å². The Bertz CT molecular complexity index is 712. The molecule has 0 aliphatic carbocycles. The summed E-state index contributed by atoms with van der Waals surface area (Å²) in [4.78, 5) is 14.7. The van der Waals surface area contributed by atoms with E-state index in [1.54, 1.807) is 12.1 Å². The normalized spacial score (nSPS) is 13.4. The molecule has 4 heteroatoms. The first-order valence-corrected chi connectivity index (χ1v) is 7.86. The molecule has 1 amide bonds. The number of hydrogen-bond acceptors (Lipinski definition) is 2. The van der Waals surface area contributed by atoms with Gasteiger partial charge in [0.2, 0.25) is 0 Å². The monoisotopic (exact) mass is 330 g/mol. The highest BCUT2D eigenvalue weighted by Gasteiger charge is 2.24. The Kier molecular flexibility index (Phi) is 5.32. The topological polar surface area (TPSA) is 46.3 Å². The molecule has 0 radical (unpaired) electrons. The molecule has 2 N–H and O–H groups in total. The van der Waals surface area contributed by atoms with Gasteiger partial charge < -0.3 is 10.6 Å². The highest BCUT2D eigenvalue weighted by molar-refractivity contribution is 6.07. The largest absolute Gasteiger partial charge is 0.399 e. The number of carbonyl (C=O) groups excluding carboxylic acids is 1. The SMILES string of the molecule is CC(C)c1ccc2c(c1)CCCN2C(=O)c1cccc(N)c1.Cl. The molecule has 1 aliphatic heterocycles. The molecule has 1 aliphatic rings. The number of fused-ring (bicyclic) bond motifs is 1. The zero-order chi connectivity index (χ0) is 15.7. The van der Waals surface area contributed by atoms with E-state index in [9.17, 15) is 4.79 Å². The van der Waals surface area contributed by atoms with Crippen molar-refractivity contribution in [1.29, 1.82) is 0 Å². The van der Waals surface area contributed by atoms with Crippen molar-refractivity contribution in [3.05, 3.63) is 59.2 Å². The maximum Gasteiger partial charge on any atom is 0.258 e. The van der Waals surface area contributed by atoms with E-state index >= 15 is 0 Å². The van der Waals surface area contributed by atoms with E-state index < -0.39 is 0 Å². The average molecular weight is 331 g/mol. The molecule has 0 saturated carbocycles. The van der Waals surface area contributed by atoms with Crippen molar-refractivity contribution in [1.82, 2.24) is 0 Å². The van der Waals surface area contributed by atoms with Gasteiger partial charge in [-0.05, 0) is 54.2 Å². The third-order valence-corrected chi connectivity index (χ3v) is 4.27. The molecule has 0 bridgehead atoms. The lowest BCUT2D eigenvalue weighted by Gasteiger charge is -2.30. The Morgan fingerprint density at radius 2 is 1.96 bits per heavy atom. The molecule has 0 saturated heterocycles. The maximum atomic E-state index is 12.8. The van der Waals surface area contributed by atoms with Crippen molar-refractivity contribution in [2.75, 3.05) is 17.2 Å². The van der Waals surface area contributed by atoms with Crippen LogP contribution in [0.5, 0.6) is 0 Å². The van der Waals surface area contributed by atoms with Gasteiger partial charge in [0.1, 0.15) is 0 Å². The highest BCUT2D eigenvalue weighted by atomic mass is 35.5. The number of nitrogens with two attached hydrogens (primary N) is 1. The van der Waals surface area contributed by atoms with Crippen molar-refractivity contribution in [2.24, 2.45) is 0 Å². The lowest BCUT2D eigenvalue weighted by atomic mass is 9.94. The first-order valence-electron chi connectivity index (χ1n) is 7.86. The summed E-state index contributed by atoms with van der Waals surface area (Å²) < 4.78 is 0. The summed E-state index contributed by atoms with van der Waals surface area (Å²) in [6, 6.07) is 13.7. The van der Waals surface area contributed by atoms with Crippen LogP contribution in [0.2, 0.25) is 0 Å². The molecule has 2 aromatic carbocycles. The fourth-order valence-corrected chi connectivity index (χ4v) is 3.01. The van der Waals surface area contributed by atoms with Crippen LogP contribution >= 0.6 is 12.4 Å². The molecule has 2 aromatic rings. The van der Waals surface area contributed by atoms with Gasteiger partial charge in [-0.2, -0.15) is 0 Å². The van der Waals surface area contributed by atoms with Crippen LogP contribution in [-0.2, 0) is 6.42 Å². The predicted molar refractivity (Wildman–Crippen MR) is 98.6 cm³/mol. The molecule has 3 rings (SSSR count). The van der Waals surface area contributed by atoms with Crippen LogP contribution in [-0.4, -0.2) is 12.5 Å². The Hall–Kier alpha value is -2.00. The minimum absolute atomic E-state index is 0. The molecule has 1 heterocycles. The summed E-state index contributed by atoms with van der Waals surface area (Å²) in [7, 11) is 0. The Labute approximate surface area is 143 Å². The Balaban J connectivity index is 0.00000192. The molecule has 23 heavy (non-hydrogen) atoms. The number of anilines is 2. The minimum atomic E-state index is 0. The third-order valence-electron chi connectivity index (χ3n) is 4.27. The standard InChI is InChI=1S/C19H22N2O.ClH/c1-13(2)14-8-9-18-15(11-14)6-4-10-21(18)19(22)16-5-3-7-17(20)12-16;/h3,5,7-9,11-13H,4,6,10,20H2,1-2H3;1H. The van der Waals surface area contributed by atoms with Gasteiger partial charge in [-0.3, -0.25) is 4.79 Å². The highest BCUT2D eigenvalue weighted by Crippen LogP contribution is 2.31. The molecule has 0 fully saturated rings. The number of nitrogen functional groups attached to an aromatic ring is 1. The molecular formula is C19H23ClN2O. The van der Waals surface area contributed by atoms with Gasteiger partial charge in [0.25, 0.3) is 5.91 Å². The Morgan fingerprint density at radius 1 is 1.17 bits per heavy atom. The van der Waals surface area contributed by atoms with Gasteiger partial charge in [-0.15, -0.1) is 12.4 Å². The second-order valence-electron chi connectivity index (χ2n) is 6.23. The van der Waals surface area contributed by atoms with E-state index in [-0.39, 0.29) is 18.3 Å². The van der Waals surface area contributed by atoms with E-state index in [1.807, 2.05) is 17.0 Å². The van der Waals surface area contributed by atoms with Crippen molar-refractivity contribution in [3.63, 3.8) is 0 Å². The van der Waals surface area contributed by atoms with Crippen LogP contribution in [0.15, 0.2) is 42.5 Å². The lowest BCUT2D eigenvalue weighted by molar-refractivity contribution is 0.0985. The predicted octanol–water partition coefficient (Wildman–Crippen LogP) is 4.41. The summed E-state index contributed by atoms with van der Waals surface area (Å²) in [6.07, 6.45) is 2.04. The molecule has 0 atom stereocenters. The zero-order valence-corrected chi connectivity index (χ0v) is 14.4. The molecule has 0 aromatic heterocycles. The number of amides is 1. The number of benzene rings is 2. The van der Waals surface area contributed by atoms with E-state index in [2.05, 4.69) is 32.0 Å². The number of carbonyl (C=O) groups is 1. The number of nitrogens with zero attached hydrogens (tertiary/aromatic N) is 1. The minimum Gasteiger partial charge on any atom is -0.399 e. The number of halogens is 1. The summed E-state index contributed by atoms with van der Waals surface area (Å²) in [6.45, 7) is 5.15. The maximum absolute atomic E-state index is 12.8. The molecule has 0 unspecified atom stereocenters. The second kappa shape index (κ2) is 7.05. The van der Waals surface area contributed by atoms with Crippen LogP contribution in [0.1, 0.15) is 47.7 Å². The third kappa shape index (κ3) is 3.50. The number of rotatable bonds is 2. The van der Waals surface area contributed by atoms with Gasteiger partial charge >= 0.3 is 0 Å². The summed E-state index contributed by atoms with van der Waals surface area (Å²) in [5.74, 6) is 0.538. The summed E-state index contributed by atoms with van der Waals surface area (Å²) in [5.41, 5.74) is 10.7. The zero-order valence-electron chi connectivity index (χ0n) is 13.6. The van der Waals surface area contributed by atoms with E-state index in [0.717, 1.165) is 25.1 Å². The fourth-order valence-electron chi connectivity index (χ4n) is 3.01. The van der Waals surface area contributed by atoms with Gasteiger partial charge in [-0.25, -0.2) is 0 Å². The van der Waals surface area contributed by atoms with Crippen LogP contribution in [0, 0.1) is 0 Å². The lowest BCUT2D eigenvalue weighted by Crippen LogP contribution is -2.35. The smallest absolute Gasteiger partial charge is 0.258 e. The Morgan fingerprint density at radius 3 is 2.65 bits per heavy atom. The fraction of sp³-hybridized carbons (Fsp3) is 0.316. The van der Waals surface area contributed by atoms with Crippen LogP contribution in [0.3, 0.4) is 0 Å². The van der Waals surface area contributed by atoms with Crippen LogP contribution in [0.25, 0.3) is 0 Å². The average Bonchev–Trinajstić information content (AvgIpc) is 2.53. The van der Waals surface area contributed by atoms with Crippen molar-refractivity contribution >= 4 is 29.7 Å². The number of aryl methyl sites for hydroxylation is 1. The van der Waals surface area contributed by atoms with Crippen molar-refractivity contribution in [2.45, 2.75) is 32.6 Å². The van der Waals surface area contributed by atoms with E-state index in [1.165, 1.54) is 11.1 Å². The van der Waals surface area contributed by atoms with E-state index in [0.29, 0.717) is 17.2 Å². The van der Waals surface area contributed by atoms with Crippen molar-refractivity contribution < 1.29 is 4.79 Å². The summed E-state index contributed by atoms with van der Waals surface area (Å²) >= 11 is 0. The molecule has 122 valence electrons. The first-order chi connectivity index (χ1) is 10.6. The quantitative estimate of drug-likeness (QED) is 0.829. The van der Waals surface area contributed by atoms with Gasteiger partial charge in [0, 0.05) is 23.5 Å². The van der Waals surface area contributed by atoms with Gasteiger partial charge in [0.15, 0.2) is 0 Å². The van der Waals surface area contributed by atoms with Crippen LogP contribution < -0.4 is 10.6 Å². The van der Waals surface area contributed by atoms with Crippen LogP contribution in [0.4, 0.5) is 11.4 Å². The summed E-state index contributed by atoms with van der Waals surface area (Å²) in [5, 5.41) is 0. The van der Waals surface area contributed by atoms with E-state index in [4.69, 9.17) is 5.73 Å². The molecule has 0 spiro atoms. The first kappa shape index (κ1) is 17.4. The van der Waals surface area contributed by atoms with Gasteiger partial charge in [0.05, 0.1) is 0 Å². The molecule has 3 nitrogen and oxygen atoms in total. The molecular weight excluding hydrogens is 308 g/mol. The second-order valence-corrected chi connectivity index (χ2v) is 6.23. The number of hydrogen-bond donors (Lipinski definition) is 1. The van der Waals surface area contributed by atoms with Gasteiger partial charge in [-0.1, -0.05) is 32.0 Å².